The maximum atomic E-state index is 14.5. The van der Waals surface area contributed by atoms with Crippen molar-refractivity contribution in [3.63, 3.8) is 0 Å². The van der Waals surface area contributed by atoms with E-state index >= 15 is 0 Å². The highest BCUT2D eigenvalue weighted by atomic mass is 16.6. The van der Waals surface area contributed by atoms with E-state index in [2.05, 4.69) is 12.2 Å². The molecule has 4 aliphatic heterocycles. The molecule has 2 saturated heterocycles. The van der Waals surface area contributed by atoms with Gasteiger partial charge in [-0.05, 0) is 31.2 Å². The summed E-state index contributed by atoms with van der Waals surface area (Å²) < 4.78 is 12.6. The summed E-state index contributed by atoms with van der Waals surface area (Å²) in [6.45, 7) is 3.58. The minimum absolute atomic E-state index is 0.0996. The van der Waals surface area contributed by atoms with Crippen LogP contribution in [-0.2, 0) is 28.7 Å². The average molecular weight is 622 g/mol. The number of likely N-dealkylation sites (tertiary alicyclic amines) is 1. The van der Waals surface area contributed by atoms with Crippen LogP contribution in [0, 0.1) is 11.8 Å². The van der Waals surface area contributed by atoms with E-state index < -0.39 is 41.7 Å². The van der Waals surface area contributed by atoms with Gasteiger partial charge in [0.05, 0.1) is 18.6 Å². The molecule has 0 unspecified atom stereocenters. The van der Waals surface area contributed by atoms with Crippen molar-refractivity contribution in [1.82, 2.24) is 15.1 Å². The van der Waals surface area contributed by atoms with Gasteiger partial charge in [-0.2, -0.15) is 0 Å². The van der Waals surface area contributed by atoms with Crippen LogP contribution in [0.1, 0.15) is 76.4 Å². The Hall–Kier alpha value is -3.50. The Morgan fingerprint density at radius 1 is 0.956 bits per heavy atom. The van der Waals surface area contributed by atoms with Gasteiger partial charge >= 0.3 is 5.97 Å². The van der Waals surface area contributed by atoms with Crippen molar-refractivity contribution >= 4 is 23.7 Å². The second kappa shape index (κ2) is 15.2. The summed E-state index contributed by atoms with van der Waals surface area (Å²) in [5, 5.41) is 12.1. The molecule has 2 fully saturated rings. The van der Waals surface area contributed by atoms with Crippen LogP contribution in [-0.4, -0.2) is 89.1 Å². The number of amides is 3. The van der Waals surface area contributed by atoms with Crippen LogP contribution in [0.3, 0.4) is 0 Å². The highest BCUT2D eigenvalue weighted by Crippen LogP contribution is 2.56. The number of carbonyl (C=O) groups excluding carboxylic acids is 4. The number of carbonyl (C=O) groups is 4. The summed E-state index contributed by atoms with van der Waals surface area (Å²) in [4.78, 5) is 59.0. The summed E-state index contributed by atoms with van der Waals surface area (Å²) in [7, 11) is 0. The molecule has 0 aliphatic carbocycles. The van der Waals surface area contributed by atoms with E-state index in [-0.39, 0.29) is 37.3 Å². The van der Waals surface area contributed by atoms with Crippen molar-refractivity contribution in [2.75, 3.05) is 32.8 Å². The van der Waals surface area contributed by atoms with E-state index in [4.69, 9.17) is 9.47 Å². The van der Waals surface area contributed by atoms with Crippen molar-refractivity contribution in [3.05, 3.63) is 60.2 Å². The van der Waals surface area contributed by atoms with Gasteiger partial charge in [0.1, 0.15) is 23.7 Å². The van der Waals surface area contributed by atoms with E-state index in [1.165, 1.54) is 0 Å². The van der Waals surface area contributed by atoms with Gasteiger partial charge in [0, 0.05) is 32.7 Å². The lowest BCUT2D eigenvalue weighted by Crippen LogP contribution is -2.56. The van der Waals surface area contributed by atoms with Crippen molar-refractivity contribution in [1.29, 1.82) is 0 Å². The number of ether oxygens (including phenoxy) is 2. The van der Waals surface area contributed by atoms with Crippen LogP contribution in [0.4, 0.5) is 0 Å². The number of fused-ring (bicyclic) bond motifs is 2. The largest absolute Gasteiger partial charge is 0.455 e. The van der Waals surface area contributed by atoms with Gasteiger partial charge in [-0.1, -0.05) is 87.2 Å². The highest BCUT2D eigenvalue weighted by molar-refractivity contribution is 5.99. The van der Waals surface area contributed by atoms with Gasteiger partial charge in [0.25, 0.3) is 0 Å². The summed E-state index contributed by atoms with van der Waals surface area (Å²) in [5.41, 5.74) is -0.526. The molecule has 0 radical (unpaired) electrons. The summed E-state index contributed by atoms with van der Waals surface area (Å²) in [6.07, 6.45) is 12.6. The molecule has 1 aromatic rings. The van der Waals surface area contributed by atoms with E-state index in [0.29, 0.717) is 38.9 Å². The minimum atomic E-state index is -1.26. The number of nitrogens with one attached hydrogen (secondary N) is 1. The fraction of sp³-hybridized carbons (Fsp3) is 0.600. The first-order valence-corrected chi connectivity index (χ1v) is 16.7. The van der Waals surface area contributed by atoms with Gasteiger partial charge in [-0.3, -0.25) is 19.2 Å². The average Bonchev–Trinajstić information content (AvgIpc) is 3.69. The molecule has 1 aromatic carbocycles. The first kappa shape index (κ1) is 32.9. The second-order valence-corrected chi connectivity index (χ2v) is 12.5. The van der Waals surface area contributed by atoms with Gasteiger partial charge in [-0.25, -0.2) is 0 Å². The normalized spacial score (nSPS) is 30.8. The first-order valence-electron chi connectivity index (χ1n) is 16.7. The zero-order valence-corrected chi connectivity index (χ0v) is 26.3. The van der Waals surface area contributed by atoms with E-state index in [1.807, 2.05) is 48.6 Å². The lowest BCUT2D eigenvalue weighted by Gasteiger charge is -2.36. The molecule has 0 aromatic heterocycles. The lowest BCUT2D eigenvalue weighted by atomic mass is 9.74. The smallest absolute Gasteiger partial charge is 0.313 e. The molecule has 5 bridgehead atoms. The lowest BCUT2D eigenvalue weighted by molar-refractivity contribution is -0.159. The number of allylic oxidation sites excluding steroid dienone is 1. The molecular weight excluding hydrogens is 574 g/mol. The van der Waals surface area contributed by atoms with Crippen molar-refractivity contribution < 1.29 is 33.8 Å². The Bertz CT molecular complexity index is 1270. The second-order valence-electron chi connectivity index (χ2n) is 12.5. The van der Waals surface area contributed by atoms with E-state index in [0.717, 1.165) is 37.7 Å². The number of aliphatic hydroxyl groups is 1. The predicted molar refractivity (Wildman–Crippen MR) is 168 cm³/mol. The standard InChI is InChI=1S/C35H47N3O7/c1-2-3-11-20-37-21-12-7-10-17-28(40)36-24-27(25-15-8-6-9-16-25)44-34(43)29-26-18-19-35(45-26)30(29)32(41)38(31(35)33(37)42)22-13-4-5-14-23-39/h6-9,12,15-16,18-19,26-27,29-31,39H,2-5,10-11,13-14,17,20-24H2,1H3,(H,36,40)/b12-7-/t26-,27-,29+,30+,31-,35+/m1/s1. The van der Waals surface area contributed by atoms with Gasteiger partial charge in [-0.15, -0.1) is 0 Å². The molecule has 1 spiro atoms. The Morgan fingerprint density at radius 2 is 1.73 bits per heavy atom. The van der Waals surface area contributed by atoms with Crippen LogP contribution in [0.2, 0.25) is 0 Å². The SMILES string of the molecule is CCCCCN1C/C=C\CCC(=O)NC[C@H](c2ccccc2)OC(=O)[C@@H]2[C@H]3C(=O)N(CCCCCCO)[C@H](C1=O)[C@]31C=C[C@H]2O1. The molecule has 3 amide bonds. The zero-order valence-electron chi connectivity index (χ0n) is 26.3. The fourth-order valence-electron chi connectivity index (χ4n) is 7.16. The van der Waals surface area contributed by atoms with E-state index in [9.17, 15) is 24.3 Å². The number of rotatable bonds is 11. The Kier molecular flexibility index (Phi) is 11.1. The molecule has 4 heterocycles. The topological polar surface area (TPSA) is 125 Å². The molecule has 10 nitrogen and oxygen atoms in total. The highest BCUT2D eigenvalue weighted by Gasteiger charge is 2.73. The molecule has 10 heteroatoms. The number of cyclic esters (lactones) is 1. The molecule has 6 atom stereocenters. The molecule has 0 saturated carbocycles. The van der Waals surface area contributed by atoms with Crippen LogP contribution >= 0.6 is 0 Å². The third-order valence-electron chi connectivity index (χ3n) is 9.48. The molecule has 45 heavy (non-hydrogen) atoms. The predicted octanol–water partition coefficient (Wildman–Crippen LogP) is 3.46. The molecule has 2 N–H and O–H groups in total. The Morgan fingerprint density at radius 3 is 2.51 bits per heavy atom. The van der Waals surface area contributed by atoms with E-state index in [1.54, 1.807) is 15.9 Å². The van der Waals surface area contributed by atoms with Crippen LogP contribution in [0.25, 0.3) is 0 Å². The maximum absolute atomic E-state index is 14.5. The quantitative estimate of drug-likeness (QED) is 0.220. The van der Waals surface area contributed by atoms with Crippen LogP contribution in [0.15, 0.2) is 54.6 Å². The fourth-order valence-corrected chi connectivity index (χ4v) is 7.16. The number of esters is 1. The number of unbranched alkanes of at least 4 members (excludes halogenated alkanes) is 5. The van der Waals surface area contributed by atoms with Crippen LogP contribution in [0.5, 0.6) is 0 Å². The number of benzene rings is 1. The summed E-state index contributed by atoms with van der Waals surface area (Å²) >= 11 is 0. The molecular formula is C35H47N3O7. The first-order chi connectivity index (χ1) is 21.9. The van der Waals surface area contributed by atoms with Crippen LogP contribution < -0.4 is 5.32 Å². The Labute approximate surface area is 265 Å². The summed E-state index contributed by atoms with van der Waals surface area (Å²) in [5.74, 6) is -2.99. The summed E-state index contributed by atoms with van der Waals surface area (Å²) in [6, 6.07) is 8.34. The third-order valence-corrected chi connectivity index (χ3v) is 9.48. The number of hydrogen-bond donors (Lipinski definition) is 2. The molecule has 4 aliphatic rings. The zero-order chi connectivity index (χ0) is 31.8. The van der Waals surface area contributed by atoms with Gasteiger partial charge < -0.3 is 29.7 Å². The number of nitrogens with zero attached hydrogens (tertiary/aromatic N) is 2. The monoisotopic (exact) mass is 621 g/mol. The molecule has 244 valence electrons. The van der Waals surface area contributed by atoms with Gasteiger partial charge in [0.15, 0.2) is 0 Å². The minimum Gasteiger partial charge on any atom is -0.455 e. The van der Waals surface area contributed by atoms with Crippen molar-refractivity contribution in [2.24, 2.45) is 11.8 Å². The van der Waals surface area contributed by atoms with Gasteiger partial charge in [0.2, 0.25) is 17.7 Å². The maximum Gasteiger partial charge on any atom is 0.313 e. The molecule has 5 rings (SSSR count). The van der Waals surface area contributed by atoms with Crippen molar-refractivity contribution in [3.8, 4) is 0 Å². The third kappa shape index (κ3) is 7.02. The number of aliphatic hydroxyl groups excluding tert-OH is 1. The Balaban J connectivity index is 1.50. The number of hydrogen-bond acceptors (Lipinski definition) is 7. The van der Waals surface area contributed by atoms with Crippen molar-refractivity contribution in [2.45, 2.75) is 88.6 Å².